The van der Waals surface area contributed by atoms with Gasteiger partial charge in [-0.25, -0.2) is 4.98 Å². The molecule has 1 saturated heterocycles. The predicted molar refractivity (Wildman–Crippen MR) is 101 cm³/mol. The van der Waals surface area contributed by atoms with Gasteiger partial charge in [0, 0.05) is 32.0 Å². The molecular weight excluding hydrogens is 366 g/mol. The van der Waals surface area contributed by atoms with Crippen LogP contribution in [0.25, 0.3) is 10.9 Å². The number of carbonyl (C=O) groups excluding carboxylic acids is 1. The summed E-state index contributed by atoms with van der Waals surface area (Å²) in [6.45, 7) is 2.52. The number of ether oxygens (including phenoxy) is 1. The highest BCUT2D eigenvalue weighted by Crippen LogP contribution is 2.30. The van der Waals surface area contributed by atoms with Crippen LogP contribution in [0.2, 0.25) is 5.02 Å². The Labute approximate surface area is 161 Å². The van der Waals surface area contributed by atoms with Gasteiger partial charge in [-0.3, -0.25) is 4.79 Å². The van der Waals surface area contributed by atoms with Crippen LogP contribution in [0.4, 0.5) is 0 Å². The highest BCUT2D eigenvalue weighted by Gasteiger charge is 2.30. The molecule has 0 spiro atoms. The smallest absolute Gasteiger partial charge is 0.270 e. The van der Waals surface area contributed by atoms with Crippen molar-refractivity contribution in [2.45, 2.75) is 25.3 Å². The van der Waals surface area contributed by atoms with Gasteiger partial charge in [0.05, 0.1) is 29.6 Å². The fourth-order valence-electron chi connectivity index (χ4n) is 4.03. The second-order valence-electron chi connectivity index (χ2n) is 7.23. The number of hydrogen-bond acceptors (Lipinski definition) is 4. The molecule has 2 aliphatic heterocycles. The summed E-state index contributed by atoms with van der Waals surface area (Å²) in [6, 6.07) is 7.62. The first-order valence-corrected chi connectivity index (χ1v) is 9.59. The van der Waals surface area contributed by atoms with Crippen LogP contribution in [-0.4, -0.2) is 40.1 Å². The molecule has 6 nitrogen and oxygen atoms in total. The lowest BCUT2D eigenvalue weighted by Crippen LogP contribution is -2.36. The molecule has 1 atom stereocenters. The van der Waals surface area contributed by atoms with Gasteiger partial charge in [-0.15, -0.1) is 0 Å². The number of amides is 1. The molecule has 27 heavy (non-hydrogen) atoms. The summed E-state index contributed by atoms with van der Waals surface area (Å²) in [5.41, 5.74) is 2.38. The average Bonchev–Trinajstić information content (AvgIpc) is 3.39. The van der Waals surface area contributed by atoms with Crippen LogP contribution < -0.4 is 0 Å². The number of aryl methyl sites for hydroxylation is 1. The molecule has 0 saturated carbocycles. The summed E-state index contributed by atoms with van der Waals surface area (Å²) in [5, 5.41) is 1.62. The zero-order valence-corrected chi connectivity index (χ0v) is 15.8. The first kappa shape index (κ1) is 16.8. The number of fused-ring (bicyclic) bond motifs is 2. The van der Waals surface area contributed by atoms with Gasteiger partial charge in [-0.05, 0) is 18.6 Å². The Morgan fingerprint density at radius 1 is 1.37 bits per heavy atom. The number of para-hydroxylation sites is 1. The van der Waals surface area contributed by atoms with E-state index in [1.54, 1.807) is 0 Å². The number of benzene rings is 1. The molecule has 1 fully saturated rings. The molecule has 0 bridgehead atoms. The minimum atomic E-state index is -0.0100. The minimum Gasteiger partial charge on any atom is -0.445 e. The molecule has 1 unspecified atom stereocenters. The Balaban J connectivity index is 1.42. The van der Waals surface area contributed by atoms with Crippen molar-refractivity contribution in [1.29, 1.82) is 0 Å². The summed E-state index contributed by atoms with van der Waals surface area (Å²) in [6.07, 6.45) is 1.63. The van der Waals surface area contributed by atoms with Gasteiger partial charge in [0.15, 0.2) is 5.89 Å². The molecule has 0 radical (unpaired) electrons. The lowest BCUT2D eigenvalue weighted by molar-refractivity contribution is 0.0718. The minimum absolute atomic E-state index is 0.0100. The first-order chi connectivity index (χ1) is 13.1. The Kier molecular flexibility index (Phi) is 3.98. The molecule has 5 rings (SSSR count). The van der Waals surface area contributed by atoms with E-state index in [9.17, 15) is 4.79 Å². The van der Waals surface area contributed by atoms with Crippen molar-refractivity contribution in [3.05, 3.63) is 52.3 Å². The van der Waals surface area contributed by atoms with Crippen molar-refractivity contribution in [2.24, 2.45) is 7.05 Å². The molecule has 7 heteroatoms. The monoisotopic (exact) mass is 385 g/mol. The van der Waals surface area contributed by atoms with Crippen molar-refractivity contribution in [1.82, 2.24) is 14.5 Å². The standard InChI is InChI=1S/C20H20ClN3O3/c1-23-16(9-12-3-2-4-14(21)18(12)23)20(25)24-7-5-17-15(10-24)22-19(27-17)13-6-8-26-11-13/h2-4,9,13H,5-8,10-11H2,1H3. The zero-order chi connectivity index (χ0) is 18.5. The second kappa shape index (κ2) is 6.39. The molecule has 2 aliphatic rings. The van der Waals surface area contributed by atoms with Crippen molar-refractivity contribution < 1.29 is 13.9 Å². The summed E-state index contributed by atoms with van der Waals surface area (Å²) < 4.78 is 13.3. The lowest BCUT2D eigenvalue weighted by atomic mass is 10.1. The number of hydrogen-bond donors (Lipinski definition) is 0. The van der Waals surface area contributed by atoms with Crippen molar-refractivity contribution in [3.63, 3.8) is 0 Å². The predicted octanol–water partition coefficient (Wildman–Crippen LogP) is 3.52. The summed E-state index contributed by atoms with van der Waals surface area (Å²) in [7, 11) is 1.88. The summed E-state index contributed by atoms with van der Waals surface area (Å²) >= 11 is 6.32. The van der Waals surface area contributed by atoms with E-state index in [2.05, 4.69) is 4.98 Å². The van der Waals surface area contributed by atoms with Crippen LogP contribution in [0.15, 0.2) is 28.7 Å². The van der Waals surface area contributed by atoms with Gasteiger partial charge >= 0.3 is 0 Å². The Bertz CT molecular complexity index is 1030. The molecule has 1 aromatic carbocycles. The quantitative estimate of drug-likeness (QED) is 0.677. The third kappa shape index (κ3) is 2.75. The highest BCUT2D eigenvalue weighted by molar-refractivity contribution is 6.35. The lowest BCUT2D eigenvalue weighted by Gasteiger charge is -2.25. The van der Waals surface area contributed by atoms with Crippen molar-refractivity contribution in [2.75, 3.05) is 19.8 Å². The number of halogens is 1. The van der Waals surface area contributed by atoms with Crippen LogP contribution in [0.1, 0.15) is 40.2 Å². The van der Waals surface area contributed by atoms with Crippen LogP contribution in [0.5, 0.6) is 0 Å². The van der Waals surface area contributed by atoms with Crippen LogP contribution in [0.3, 0.4) is 0 Å². The Hall–Kier alpha value is -2.31. The average molecular weight is 386 g/mol. The fraction of sp³-hybridized carbons (Fsp3) is 0.400. The van der Waals surface area contributed by atoms with Crippen LogP contribution in [-0.2, 0) is 24.8 Å². The van der Waals surface area contributed by atoms with Crippen LogP contribution in [0, 0.1) is 0 Å². The molecule has 140 valence electrons. The van der Waals surface area contributed by atoms with E-state index in [1.807, 2.05) is 40.8 Å². The molecule has 0 aliphatic carbocycles. The molecule has 4 heterocycles. The van der Waals surface area contributed by atoms with E-state index in [0.29, 0.717) is 36.8 Å². The maximum atomic E-state index is 13.2. The van der Waals surface area contributed by atoms with E-state index < -0.39 is 0 Å². The second-order valence-corrected chi connectivity index (χ2v) is 7.63. The number of oxazole rings is 1. The summed E-state index contributed by atoms with van der Waals surface area (Å²) in [5.74, 6) is 1.88. The Morgan fingerprint density at radius 3 is 3.04 bits per heavy atom. The number of rotatable bonds is 2. The van der Waals surface area contributed by atoms with E-state index >= 15 is 0 Å². The van der Waals surface area contributed by atoms with Gasteiger partial charge in [0.2, 0.25) is 0 Å². The van der Waals surface area contributed by atoms with Gasteiger partial charge in [0.1, 0.15) is 17.1 Å². The van der Waals surface area contributed by atoms with Crippen LogP contribution >= 0.6 is 11.6 Å². The SMILES string of the molecule is Cn1c(C(=O)N2CCc3oc(C4CCOC4)nc3C2)cc2cccc(Cl)c21. The van der Waals surface area contributed by atoms with Crippen molar-refractivity contribution >= 4 is 28.4 Å². The molecule has 2 aromatic heterocycles. The number of carbonyl (C=O) groups is 1. The molecule has 0 N–H and O–H groups in total. The maximum Gasteiger partial charge on any atom is 0.270 e. The topological polar surface area (TPSA) is 60.5 Å². The number of nitrogens with zero attached hydrogens (tertiary/aromatic N) is 3. The third-order valence-corrected chi connectivity index (χ3v) is 5.84. The summed E-state index contributed by atoms with van der Waals surface area (Å²) in [4.78, 5) is 19.7. The fourth-order valence-corrected chi connectivity index (χ4v) is 4.34. The zero-order valence-electron chi connectivity index (χ0n) is 15.1. The largest absolute Gasteiger partial charge is 0.445 e. The van der Waals surface area contributed by atoms with Gasteiger partial charge in [-0.1, -0.05) is 23.7 Å². The van der Waals surface area contributed by atoms with E-state index in [4.69, 9.17) is 20.8 Å². The van der Waals surface area contributed by atoms with E-state index in [-0.39, 0.29) is 11.8 Å². The maximum absolute atomic E-state index is 13.2. The molecule has 1 amide bonds. The van der Waals surface area contributed by atoms with Gasteiger partial charge in [0.25, 0.3) is 5.91 Å². The van der Waals surface area contributed by atoms with Gasteiger partial charge in [-0.2, -0.15) is 0 Å². The molecule has 3 aromatic rings. The van der Waals surface area contributed by atoms with Crippen molar-refractivity contribution in [3.8, 4) is 0 Å². The highest BCUT2D eigenvalue weighted by atomic mass is 35.5. The van der Waals surface area contributed by atoms with E-state index in [1.165, 1.54) is 0 Å². The molecular formula is C20H20ClN3O3. The third-order valence-electron chi connectivity index (χ3n) is 5.54. The van der Waals surface area contributed by atoms with E-state index in [0.717, 1.165) is 41.3 Å². The Morgan fingerprint density at radius 2 is 2.26 bits per heavy atom. The number of aromatic nitrogens is 2. The first-order valence-electron chi connectivity index (χ1n) is 9.21. The normalized spacial score (nSPS) is 19.6. The van der Waals surface area contributed by atoms with Gasteiger partial charge < -0.3 is 18.6 Å².